The van der Waals surface area contributed by atoms with E-state index in [4.69, 9.17) is 9.47 Å². The Morgan fingerprint density at radius 3 is 1.52 bits per heavy atom. The van der Waals surface area contributed by atoms with Gasteiger partial charge in [0.25, 0.3) is 0 Å². The van der Waals surface area contributed by atoms with Gasteiger partial charge in [0.1, 0.15) is 11.5 Å². The second-order valence-electron chi connectivity index (χ2n) is 11.1. The van der Waals surface area contributed by atoms with Crippen molar-refractivity contribution in [3.8, 4) is 11.5 Å². The Kier molecular flexibility index (Phi) is 14.6. The molecule has 0 aromatic heterocycles. The molecule has 0 saturated carbocycles. The number of hydrogen-bond donors (Lipinski definition) is 0. The SMILES string of the molecule is C=Cc1cc(C(=O)Oc2ccc(CCCCCCCC)cc2)ccc1C(=O)Oc1ccc(CCCCCCCC)cc1. The fourth-order valence-electron chi connectivity index (χ4n) is 5.04. The van der Waals surface area contributed by atoms with Crippen LogP contribution in [0.5, 0.6) is 11.5 Å². The quantitative estimate of drug-likeness (QED) is 0.0820. The molecule has 0 saturated heterocycles. The van der Waals surface area contributed by atoms with Crippen LogP contribution in [-0.4, -0.2) is 11.9 Å². The van der Waals surface area contributed by atoms with Crippen molar-refractivity contribution >= 4 is 18.0 Å². The first-order chi connectivity index (χ1) is 20.5. The number of carbonyl (C=O) groups excluding carboxylic acids is 2. The number of rotatable bonds is 19. The van der Waals surface area contributed by atoms with Gasteiger partial charge in [0.2, 0.25) is 0 Å². The number of esters is 2. The molecule has 3 aromatic rings. The molecule has 0 fully saturated rings. The third kappa shape index (κ3) is 11.3. The summed E-state index contributed by atoms with van der Waals surface area (Å²) in [5, 5.41) is 0. The molecule has 0 amide bonds. The average Bonchev–Trinajstić information content (AvgIpc) is 3.01. The highest BCUT2D eigenvalue weighted by Crippen LogP contribution is 2.21. The van der Waals surface area contributed by atoms with Gasteiger partial charge < -0.3 is 9.47 Å². The zero-order chi connectivity index (χ0) is 30.0. The van der Waals surface area contributed by atoms with Gasteiger partial charge in [-0.25, -0.2) is 9.59 Å². The van der Waals surface area contributed by atoms with E-state index >= 15 is 0 Å². The van der Waals surface area contributed by atoms with Gasteiger partial charge in [-0.1, -0.05) is 115 Å². The Labute approximate surface area is 253 Å². The van der Waals surface area contributed by atoms with Gasteiger partial charge in [-0.2, -0.15) is 0 Å². The van der Waals surface area contributed by atoms with Crippen molar-refractivity contribution in [2.75, 3.05) is 0 Å². The van der Waals surface area contributed by atoms with Crippen molar-refractivity contribution in [2.24, 2.45) is 0 Å². The Bertz CT molecular complexity index is 1240. The summed E-state index contributed by atoms with van der Waals surface area (Å²) in [4.78, 5) is 25.8. The molecule has 0 radical (unpaired) electrons. The van der Waals surface area contributed by atoms with Crippen LogP contribution in [0.25, 0.3) is 6.08 Å². The summed E-state index contributed by atoms with van der Waals surface area (Å²) >= 11 is 0. The first-order valence-electron chi connectivity index (χ1n) is 15.9. The van der Waals surface area contributed by atoms with Crippen molar-refractivity contribution in [3.05, 3.63) is 101 Å². The maximum absolute atomic E-state index is 12.9. The number of ether oxygens (including phenoxy) is 2. The lowest BCUT2D eigenvalue weighted by Crippen LogP contribution is -2.13. The molecule has 0 atom stereocenters. The topological polar surface area (TPSA) is 52.6 Å². The van der Waals surface area contributed by atoms with Crippen molar-refractivity contribution < 1.29 is 19.1 Å². The minimum atomic E-state index is -0.491. The summed E-state index contributed by atoms with van der Waals surface area (Å²) in [6.07, 6.45) is 18.8. The average molecular weight is 569 g/mol. The zero-order valence-corrected chi connectivity index (χ0v) is 25.7. The standard InChI is InChI=1S/C38H48O4/c1-4-7-9-11-13-15-17-30-19-24-34(25-20-30)41-37(39)33-23-28-36(32(6-3)29-33)38(40)42-35-26-21-31(22-27-35)18-16-14-12-10-8-5-2/h6,19-29H,3-5,7-18H2,1-2H3. The first kappa shape index (κ1) is 32.8. The van der Waals surface area contributed by atoms with Crippen LogP contribution in [0.1, 0.15) is 128 Å². The second-order valence-corrected chi connectivity index (χ2v) is 11.1. The second kappa shape index (κ2) is 18.7. The number of hydrogen-bond acceptors (Lipinski definition) is 4. The summed E-state index contributed by atoms with van der Waals surface area (Å²) in [6, 6.07) is 20.2. The van der Waals surface area contributed by atoms with Crippen LogP contribution >= 0.6 is 0 Å². The van der Waals surface area contributed by atoms with Crippen LogP contribution in [0.2, 0.25) is 0 Å². The summed E-state index contributed by atoms with van der Waals surface area (Å²) in [5.41, 5.74) is 3.69. The normalized spacial score (nSPS) is 10.8. The lowest BCUT2D eigenvalue weighted by atomic mass is 10.0. The molecular formula is C38H48O4. The lowest BCUT2D eigenvalue weighted by molar-refractivity contribution is 0.0720. The number of aryl methyl sites for hydroxylation is 2. The van der Waals surface area contributed by atoms with E-state index < -0.39 is 11.9 Å². The zero-order valence-electron chi connectivity index (χ0n) is 25.7. The summed E-state index contributed by atoms with van der Waals surface area (Å²) in [7, 11) is 0. The predicted molar refractivity (Wildman–Crippen MR) is 173 cm³/mol. The minimum absolute atomic E-state index is 0.344. The van der Waals surface area contributed by atoms with E-state index in [1.54, 1.807) is 24.3 Å². The van der Waals surface area contributed by atoms with E-state index in [-0.39, 0.29) is 0 Å². The number of benzene rings is 3. The molecule has 224 valence electrons. The molecular weight excluding hydrogens is 520 g/mol. The molecule has 3 aromatic carbocycles. The molecule has 4 nitrogen and oxygen atoms in total. The maximum Gasteiger partial charge on any atom is 0.344 e. The largest absolute Gasteiger partial charge is 0.423 e. The van der Waals surface area contributed by atoms with Gasteiger partial charge in [0, 0.05) is 0 Å². The highest BCUT2D eigenvalue weighted by molar-refractivity contribution is 5.98. The molecule has 0 unspecified atom stereocenters. The van der Waals surface area contributed by atoms with Crippen LogP contribution in [0.3, 0.4) is 0 Å². The highest BCUT2D eigenvalue weighted by Gasteiger charge is 2.17. The van der Waals surface area contributed by atoms with E-state index in [2.05, 4.69) is 20.4 Å². The molecule has 0 spiro atoms. The summed E-state index contributed by atoms with van der Waals surface area (Å²) < 4.78 is 11.2. The predicted octanol–water partition coefficient (Wildman–Crippen LogP) is 10.6. The molecule has 42 heavy (non-hydrogen) atoms. The third-order valence-corrected chi connectivity index (χ3v) is 7.63. The molecule has 0 N–H and O–H groups in total. The van der Waals surface area contributed by atoms with Crippen molar-refractivity contribution in [2.45, 2.75) is 104 Å². The minimum Gasteiger partial charge on any atom is -0.423 e. The van der Waals surface area contributed by atoms with Crippen LogP contribution in [0, 0.1) is 0 Å². The third-order valence-electron chi connectivity index (χ3n) is 7.63. The Balaban J connectivity index is 1.50. The molecule has 0 heterocycles. The van der Waals surface area contributed by atoms with Crippen molar-refractivity contribution in [1.82, 2.24) is 0 Å². The van der Waals surface area contributed by atoms with Crippen molar-refractivity contribution in [1.29, 1.82) is 0 Å². The van der Waals surface area contributed by atoms with E-state index in [1.807, 2.05) is 48.5 Å². The van der Waals surface area contributed by atoms with E-state index in [1.165, 1.54) is 88.2 Å². The fraction of sp³-hybridized carbons (Fsp3) is 0.421. The van der Waals surface area contributed by atoms with Gasteiger partial charge >= 0.3 is 11.9 Å². The fourth-order valence-corrected chi connectivity index (χ4v) is 5.04. The van der Waals surface area contributed by atoms with E-state index in [0.29, 0.717) is 28.2 Å². The number of unbranched alkanes of at least 4 members (excludes halogenated alkanes) is 10. The first-order valence-corrected chi connectivity index (χ1v) is 15.9. The molecule has 0 aliphatic heterocycles. The van der Waals surface area contributed by atoms with Crippen molar-refractivity contribution in [3.63, 3.8) is 0 Å². The number of carbonyl (C=O) groups is 2. The molecule has 0 aliphatic carbocycles. The van der Waals surface area contributed by atoms with E-state index in [9.17, 15) is 9.59 Å². The Morgan fingerprint density at radius 1 is 0.595 bits per heavy atom. The maximum atomic E-state index is 12.9. The summed E-state index contributed by atoms with van der Waals surface area (Å²) in [6.45, 7) is 8.29. The monoisotopic (exact) mass is 568 g/mol. The molecule has 0 aliphatic rings. The molecule has 4 heteroatoms. The van der Waals surface area contributed by atoms with Gasteiger partial charge in [-0.3, -0.25) is 0 Å². The van der Waals surface area contributed by atoms with Gasteiger partial charge in [-0.15, -0.1) is 0 Å². The molecule has 0 bridgehead atoms. The van der Waals surface area contributed by atoms with Crippen LogP contribution in [0.4, 0.5) is 0 Å². The van der Waals surface area contributed by atoms with Gasteiger partial charge in [0.15, 0.2) is 0 Å². The van der Waals surface area contributed by atoms with Crippen LogP contribution in [0.15, 0.2) is 73.3 Å². The lowest BCUT2D eigenvalue weighted by Gasteiger charge is -2.10. The highest BCUT2D eigenvalue weighted by atomic mass is 16.5. The molecule has 3 rings (SSSR count). The van der Waals surface area contributed by atoms with Gasteiger partial charge in [-0.05, 0) is 84.8 Å². The van der Waals surface area contributed by atoms with Gasteiger partial charge in [0.05, 0.1) is 11.1 Å². The van der Waals surface area contributed by atoms with Crippen LogP contribution in [-0.2, 0) is 12.8 Å². The van der Waals surface area contributed by atoms with Crippen LogP contribution < -0.4 is 9.47 Å². The Morgan fingerprint density at radius 2 is 1.05 bits per heavy atom. The summed E-state index contributed by atoms with van der Waals surface area (Å²) in [5.74, 6) is 0.0116. The smallest absolute Gasteiger partial charge is 0.344 e. The van der Waals surface area contributed by atoms with E-state index in [0.717, 1.165) is 12.8 Å². The Hall–Kier alpha value is -3.66.